The Balaban J connectivity index is 0.902. The first-order valence-electron chi connectivity index (χ1n) is 19.4. The Morgan fingerprint density at radius 2 is 1.35 bits per heavy atom. The summed E-state index contributed by atoms with van der Waals surface area (Å²) in [6.07, 6.45) is 5.48. The van der Waals surface area contributed by atoms with E-state index in [4.69, 9.17) is 9.98 Å². The lowest BCUT2D eigenvalue weighted by Gasteiger charge is -2.27. The molecular formula is C51H34N4S2. The van der Waals surface area contributed by atoms with E-state index < -0.39 is 0 Å². The number of benzene rings is 7. The summed E-state index contributed by atoms with van der Waals surface area (Å²) in [5, 5.41) is 8.86. The zero-order valence-electron chi connectivity index (χ0n) is 30.8. The van der Waals surface area contributed by atoms with Crippen LogP contribution in [0, 0.1) is 0 Å². The Morgan fingerprint density at radius 1 is 0.614 bits per heavy atom. The molecule has 2 aromatic heterocycles. The minimum atomic E-state index is -0.224. The van der Waals surface area contributed by atoms with Crippen molar-refractivity contribution in [1.82, 2.24) is 9.88 Å². The summed E-state index contributed by atoms with van der Waals surface area (Å²) in [4.78, 5) is 12.9. The number of fused-ring (bicyclic) bond motifs is 9. The number of hydrogen-bond acceptors (Lipinski definition) is 5. The van der Waals surface area contributed by atoms with E-state index in [1.165, 1.54) is 79.7 Å². The lowest BCUT2D eigenvalue weighted by molar-refractivity contribution is 0.709. The van der Waals surface area contributed by atoms with Crippen LogP contribution < -0.4 is 5.32 Å². The first-order valence-corrected chi connectivity index (χ1v) is 21.1. The molecule has 0 saturated heterocycles. The van der Waals surface area contributed by atoms with Crippen molar-refractivity contribution in [2.45, 2.75) is 23.4 Å². The monoisotopic (exact) mass is 766 g/mol. The van der Waals surface area contributed by atoms with E-state index in [9.17, 15) is 0 Å². The molecule has 9 aromatic rings. The number of nitrogens with one attached hydrogen (secondary N) is 1. The zero-order chi connectivity index (χ0) is 37.5. The average molecular weight is 767 g/mol. The zero-order valence-corrected chi connectivity index (χ0v) is 32.4. The molecule has 0 bridgehead atoms. The molecule has 0 spiro atoms. The van der Waals surface area contributed by atoms with Crippen LogP contribution in [0.4, 0.5) is 0 Å². The molecule has 6 heteroatoms. The van der Waals surface area contributed by atoms with E-state index >= 15 is 0 Å². The van der Waals surface area contributed by atoms with Crippen LogP contribution in [0.2, 0.25) is 0 Å². The quantitative estimate of drug-likeness (QED) is 0.190. The van der Waals surface area contributed by atoms with Gasteiger partial charge < -0.3 is 9.88 Å². The lowest BCUT2D eigenvalue weighted by atomic mass is 9.88. The van der Waals surface area contributed by atoms with Crippen molar-refractivity contribution in [2.24, 2.45) is 9.98 Å². The van der Waals surface area contributed by atoms with Crippen LogP contribution in [0.1, 0.15) is 29.0 Å². The minimum absolute atomic E-state index is 0.224. The van der Waals surface area contributed by atoms with Crippen LogP contribution in [0.3, 0.4) is 0 Å². The molecule has 4 heterocycles. The van der Waals surface area contributed by atoms with Crippen LogP contribution in [0.5, 0.6) is 0 Å². The Morgan fingerprint density at radius 3 is 2.14 bits per heavy atom. The summed E-state index contributed by atoms with van der Waals surface area (Å²) in [7, 11) is 0. The van der Waals surface area contributed by atoms with Gasteiger partial charge in [-0.15, -0.1) is 11.3 Å². The third-order valence-electron chi connectivity index (χ3n) is 11.6. The van der Waals surface area contributed by atoms with Crippen LogP contribution in [-0.4, -0.2) is 22.4 Å². The molecule has 1 aliphatic carbocycles. The van der Waals surface area contributed by atoms with Crippen molar-refractivity contribution in [2.75, 3.05) is 0 Å². The highest BCUT2D eigenvalue weighted by molar-refractivity contribution is 8.03. The van der Waals surface area contributed by atoms with Gasteiger partial charge in [-0.2, -0.15) is 0 Å². The van der Waals surface area contributed by atoms with Crippen LogP contribution in [0.15, 0.2) is 201 Å². The van der Waals surface area contributed by atoms with Crippen LogP contribution in [0.25, 0.3) is 58.8 Å². The smallest absolute Gasteiger partial charge is 0.159 e. The highest BCUT2D eigenvalue weighted by Gasteiger charge is 2.33. The molecule has 0 fully saturated rings. The number of aliphatic imine (C=N–C) groups is 2. The molecule has 0 amide bonds. The average Bonchev–Trinajstić information content (AvgIpc) is 3.95. The van der Waals surface area contributed by atoms with E-state index in [-0.39, 0.29) is 6.17 Å². The van der Waals surface area contributed by atoms with E-state index in [0.717, 1.165) is 29.2 Å². The van der Waals surface area contributed by atoms with Crippen LogP contribution in [-0.2, 0) is 0 Å². The minimum Gasteiger partial charge on any atom is -0.344 e. The topological polar surface area (TPSA) is 41.7 Å². The second kappa shape index (κ2) is 13.1. The fraction of sp³-hybridized carbons (Fsp3) is 0.0588. The number of rotatable bonds is 5. The molecule has 2 atom stereocenters. The normalized spacial score (nSPS) is 17.5. The van der Waals surface area contributed by atoms with Crippen LogP contribution >= 0.6 is 23.1 Å². The maximum absolute atomic E-state index is 5.16. The maximum Gasteiger partial charge on any atom is 0.159 e. The van der Waals surface area contributed by atoms with Crippen molar-refractivity contribution in [3.63, 3.8) is 0 Å². The van der Waals surface area contributed by atoms with Gasteiger partial charge in [0.25, 0.3) is 0 Å². The number of para-hydroxylation sites is 2. The number of hydrogen-bond donors (Lipinski definition) is 1. The van der Waals surface area contributed by atoms with Crippen molar-refractivity contribution in [1.29, 1.82) is 0 Å². The fourth-order valence-corrected chi connectivity index (χ4v) is 11.4. The van der Waals surface area contributed by atoms with E-state index in [1.807, 2.05) is 47.4 Å². The van der Waals surface area contributed by atoms with Gasteiger partial charge in [0.15, 0.2) is 5.84 Å². The molecule has 2 aliphatic heterocycles. The number of thiophene rings is 1. The van der Waals surface area contributed by atoms with Gasteiger partial charge in [-0.25, -0.2) is 9.98 Å². The van der Waals surface area contributed by atoms with Gasteiger partial charge in [0.2, 0.25) is 0 Å². The van der Waals surface area contributed by atoms with Gasteiger partial charge in [-0.1, -0.05) is 139 Å². The summed E-state index contributed by atoms with van der Waals surface area (Å²) in [5.74, 6) is 1.96. The standard InChI is InChI=1S/C51H34N4S2/c1-3-12-31(13-4-1)49-52-50(32-14-5-2-6-15-32)54-51(53-49)34-23-26-40-39-25-22-33(28-46(39)57-47(40)29-34)36-18-11-21-45-48(36)41-30-35(24-27-44(41)56-45)55-42-19-9-7-16-37(42)38-17-8-10-20-43(38)55/h1-25,27-30,40,51H,26H2,(H,52,53,54). The van der Waals surface area contributed by atoms with Gasteiger partial charge in [0.05, 0.1) is 11.0 Å². The Kier molecular flexibility index (Phi) is 7.50. The first kappa shape index (κ1) is 32.7. The lowest BCUT2D eigenvalue weighted by Crippen LogP contribution is -2.40. The highest BCUT2D eigenvalue weighted by atomic mass is 32.2. The molecule has 0 radical (unpaired) electrons. The Hall–Kier alpha value is -6.47. The molecule has 57 heavy (non-hydrogen) atoms. The number of allylic oxidation sites excluding steroid dienone is 2. The number of aromatic nitrogens is 1. The van der Waals surface area contributed by atoms with Gasteiger partial charge in [-0.05, 0) is 82.1 Å². The number of nitrogens with zero attached hydrogens (tertiary/aromatic N) is 3. The predicted octanol–water partition coefficient (Wildman–Crippen LogP) is 13.0. The van der Waals surface area contributed by atoms with Gasteiger partial charge in [-0.3, -0.25) is 0 Å². The highest BCUT2D eigenvalue weighted by Crippen LogP contribution is 2.54. The second-order valence-electron chi connectivity index (χ2n) is 14.9. The molecule has 7 aromatic carbocycles. The Bertz CT molecular complexity index is 3170. The molecule has 1 N–H and O–H groups in total. The van der Waals surface area contributed by atoms with E-state index in [2.05, 4.69) is 162 Å². The number of amidine groups is 2. The summed E-state index contributed by atoms with van der Waals surface area (Å²) < 4.78 is 5.04. The van der Waals surface area contributed by atoms with Gasteiger partial charge in [0.1, 0.15) is 12.0 Å². The third kappa shape index (κ3) is 5.36. The van der Waals surface area contributed by atoms with E-state index in [0.29, 0.717) is 5.92 Å². The molecule has 12 rings (SSSR count). The summed E-state index contributed by atoms with van der Waals surface area (Å²) in [6.45, 7) is 0. The molecule has 4 nitrogen and oxygen atoms in total. The van der Waals surface area contributed by atoms with Gasteiger partial charge in [0, 0.05) is 58.6 Å². The predicted molar refractivity (Wildman–Crippen MR) is 241 cm³/mol. The summed E-state index contributed by atoms with van der Waals surface area (Å²) in [6, 6.07) is 59.1. The van der Waals surface area contributed by atoms with Crippen molar-refractivity contribution < 1.29 is 0 Å². The van der Waals surface area contributed by atoms with Crippen molar-refractivity contribution >= 4 is 76.7 Å². The third-order valence-corrected chi connectivity index (χ3v) is 14.0. The maximum atomic E-state index is 5.16. The molecule has 2 unspecified atom stereocenters. The molecule has 3 aliphatic rings. The first-order chi connectivity index (χ1) is 28.2. The van der Waals surface area contributed by atoms with Crippen molar-refractivity contribution in [3.05, 3.63) is 203 Å². The van der Waals surface area contributed by atoms with E-state index in [1.54, 1.807) is 0 Å². The number of thioether (sulfide) groups is 1. The summed E-state index contributed by atoms with van der Waals surface area (Å²) in [5.41, 5.74) is 10.9. The molecular weight excluding hydrogens is 733 g/mol. The summed E-state index contributed by atoms with van der Waals surface area (Å²) >= 11 is 3.80. The SMILES string of the molecule is C1=C(C2N=C(c3ccccc3)N=C(c3ccccc3)N2)C=C2Sc3cc(-c4cccc5sc6ccc(-n7c8ccccc8c8ccccc87)cc6c45)ccc3C2C1. The largest absolute Gasteiger partial charge is 0.344 e. The molecule has 270 valence electrons. The fourth-order valence-electron chi connectivity index (χ4n) is 8.94. The second-order valence-corrected chi connectivity index (χ2v) is 17.1. The molecule has 0 saturated carbocycles. The van der Waals surface area contributed by atoms with Gasteiger partial charge >= 0.3 is 0 Å². The van der Waals surface area contributed by atoms with Crippen molar-refractivity contribution in [3.8, 4) is 16.8 Å². The Labute approximate surface area is 338 Å².